The molecular weight excluding hydrogens is 1060 g/mol. The summed E-state index contributed by atoms with van der Waals surface area (Å²) in [4.78, 5) is 4.88. The van der Waals surface area contributed by atoms with Crippen LogP contribution in [0.15, 0.2) is 212 Å². The topological polar surface area (TPSA) is 35.9 Å². The standard InChI is InChI=1S/C66H46N4O.Pt/c1-66(2,3)44-35-36-67-62(38-44)70-58-28-12-11-21-50(58)51-34-32-47(40-61(51)70)71-46-20-15-19-45(39-46)68-41-69(60-30-14-13-29-59(60)68)65-48(42-17-5-4-6-18-42)26-16-27-49(65)43-31-33-56-57(37-43)64-54-24-9-7-22-52(54)63(56)53-23-8-10-25-55(53)64;/h4-38,63-64H,1-3H3;/q-2;. The summed E-state index contributed by atoms with van der Waals surface area (Å²) in [7, 11) is 0. The normalized spacial score (nSPS) is 14.5. The van der Waals surface area contributed by atoms with E-state index in [9.17, 15) is 0 Å². The van der Waals surface area contributed by atoms with Crippen molar-refractivity contribution in [2.75, 3.05) is 0 Å². The Hall–Kier alpha value is -8.11. The van der Waals surface area contributed by atoms with Gasteiger partial charge < -0.3 is 13.9 Å². The molecule has 6 heteroatoms. The van der Waals surface area contributed by atoms with E-state index in [1.807, 2.05) is 24.4 Å². The zero-order valence-corrected chi connectivity index (χ0v) is 42.1. The van der Waals surface area contributed by atoms with E-state index >= 15 is 0 Å². The monoisotopic (exact) mass is 1110 g/mol. The molecule has 0 atom stereocenters. The molecule has 15 rings (SSSR count). The van der Waals surface area contributed by atoms with Gasteiger partial charge in [0.1, 0.15) is 5.82 Å². The Balaban J connectivity index is 0.00000504. The Kier molecular flexibility index (Phi) is 10.4. The smallest absolute Gasteiger partial charge is 0.268 e. The number of para-hydroxylation sites is 4. The number of pyridine rings is 1. The number of aromatic nitrogens is 4. The summed E-state index contributed by atoms with van der Waals surface area (Å²) < 4.78 is 13.2. The van der Waals surface area contributed by atoms with Gasteiger partial charge in [0.15, 0.2) is 0 Å². The largest absolute Gasteiger partial charge is 0.510 e. The van der Waals surface area contributed by atoms with Crippen molar-refractivity contribution in [3.8, 4) is 50.9 Å². The second-order valence-electron chi connectivity index (χ2n) is 19.9. The molecule has 12 aromatic rings. The summed E-state index contributed by atoms with van der Waals surface area (Å²) >= 11 is 0. The Morgan fingerprint density at radius 1 is 0.514 bits per heavy atom. The molecule has 0 saturated carbocycles. The van der Waals surface area contributed by atoms with Gasteiger partial charge in [-0.2, -0.15) is 18.2 Å². The molecule has 0 unspecified atom stereocenters. The van der Waals surface area contributed by atoms with Gasteiger partial charge in [-0.05, 0) is 95.9 Å². The maximum Gasteiger partial charge on any atom is 0.268 e. The van der Waals surface area contributed by atoms with Crippen LogP contribution in [-0.4, -0.2) is 14.1 Å². The summed E-state index contributed by atoms with van der Waals surface area (Å²) in [6.45, 7) is 6.69. The number of imidazole rings is 1. The quantitative estimate of drug-likeness (QED) is 0.118. The van der Waals surface area contributed by atoms with Crippen molar-refractivity contribution in [2.45, 2.75) is 38.0 Å². The zero-order valence-electron chi connectivity index (χ0n) is 39.9. The van der Waals surface area contributed by atoms with Gasteiger partial charge in [-0.1, -0.05) is 184 Å². The number of fused-ring (bicyclic) bond motifs is 4. The van der Waals surface area contributed by atoms with E-state index < -0.39 is 0 Å². The van der Waals surface area contributed by atoms with Crippen LogP contribution < -0.4 is 9.30 Å². The van der Waals surface area contributed by atoms with Crippen LogP contribution in [0.3, 0.4) is 0 Å². The summed E-state index contributed by atoms with van der Waals surface area (Å²) in [6, 6.07) is 81.4. The molecule has 72 heavy (non-hydrogen) atoms. The first-order valence-electron chi connectivity index (χ1n) is 24.4. The molecule has 3 aromatic heterocycles. The Morgan fingerprint density at radius 2 is 1.14 bits per heavy atom. The van der Waals surface area contributed by atoms with Crippen molar-refractivity contribution < 1.29 is 30.4 Å². The van der Waals surface area contributed by atoms with Crippen molar-refractivity contribution in [1.82, 2.24) is 14.1 Å². The molecule has 3 heterocycles. The Morgan fingerprint density at radius 3 is 1.89 bits per heavy atom. The van der Waals surface area contributed by atoms with E-state index in [4.69, 9.17) is 9.72 Å². The van der Waals surface area contributed by atoms with Crippen LogP contribution in [0.1, 0.15) is 71.6 Å². The van der Waals surface area contributed by atoms with E-state index in [1.165, 1.54) is 44.5 Å². The van der Waals surface area contributed by atoms with E-state index in [-0.39, 0.29) is 38.3 Å². The van der Waals surface area contributed by atoms with Gasteiger partial charge in [-0.3, -0.25) is 4.57 Å². The first kappa shape index (κ1) is 43.9. The van der Waals surface area contributed by atoms with Crippen molar-refractivity contribution >= 4 is 32.8 Å². The second kappa shape index (κ2) is 17.0. The molecule has 9 aromatic carbocycles. The predicted octanol–water partition coefficient (Wildman–Crippen LogP) is 15.2. The van der Waals surface area contributed by atoms with Gasteiger partial charge >= 0.3 is 0 Å². The first-order valence-corrected chi connectivity index (χ1v) is 24.4. The zero-order chi connectivity index (χ0) is 47.4. The molecule has 0 spiro atoms. The van der Waals surface area contributed by atoms with E-state index in [2.05, 4.69) is 241 Å². The number of nitrogens with zero attached hydrogens (tertiary/aromatic N) is 4. The van der Waals surface area contributed by atoms with Gasteiger partial charge in [0.2, 0.25) is 0 Å². The molecule has 0 fully saturated rings. The third-order valence-corrected chi connectivity index (χ3v) is 14.8. The van der Waals surface area contributed by atoms with Crippen molar-refractivity contribution in [3.05, 3.63) is 270 Å². The number of hydrogen-bond donors (Lipinski definition) is 0. The Labute approximate surface area is 433 Å². The number of benzene rings is 9. The van der Waals surface area contributed by atoms with Gasteiger partial charge in [0.05, 0.1) is 16.7 Å². The molecule has 0 N–H and O–H groups in total. The van der Waals surface area contributed by atoms with Crippen LogP contribution in [0, 0.1) is 18.5 Å². The molecule has 0 saturated heterocycles. The van der Waals surface area contributed by atoms with Crippen LogP contribution in [0.25, 0.3) is 72.3 Å². The van der Waals surface area contributed by atoms with Gasteiger partial charge in [0.25, 0.3) is 6.33 Å². The molecule has 3 aliphatic carbocycles. The first-order chi connectivity index (χ1) is 34.9. The molecule has 0 amide bonds. The summed E-state index contributed by atoms with van der Waals surface area (Å²) in [5.41, 5.74) is 20.0. The minimum absolute atomic E-state index is 0. The predicted molar refractivity (Wildman–Crippen MR) is 284 cm³/mol. The fourth-order valence-electron chi connectivity index (χ4n) is 11.5. The third-order valence-electron chi connectivity index (χ3n) is 14.8. The average molecular weight is 1110 g/mol. The molecular formula is C66H46N4OPt-2. The van der Waals surface area contributed by atoms with E-state index in [1.54, 1.807) is 0 Å². The third kappa shape index (κ3) is 6.94. The summed E-state index contributed by atoms with van der Waals surface area (Å²) in [6.07, 6.45) is 5.76. The Bertz CT molecular complexity index is 4060. The van der Waals surface area contributed by atoms with Crippen LogP contribution >= 0.6 is 0 Å². The van der Waals surface area contributed by atoms with Crippen LogP contribution in [-0.2, 0) is 26.5 Å². The van der Waals surface area contributed by atoms with Crippen molar-refractivity contribution in [3.63, 3.8) is 0 Å². The van der Waals surface area contributed by atoms with Gasteiger partial charge in [-0.25, -0.2) is 4.98 Å². The minimum Gasteiger partial charge on any atom is -0.510 e. The van der Waals surface area contributed by atoms with Crippen molar-refractivity contribution in [2.24, 2.45) is 0 Å². The maximum atomic E-state index is 6.70. The molecule has 5 nitrogen and oxygen atoms in total. The number of rotatable bonds is 7. The number of ether oxygens (including phenoxy) is 1. The molecule has 0 radical (unpaired) electrons. The van der Waals surface area contributed by atoms with E-state index in [0.29, 0.717) is 11.5 Å². The summed E-state index contributed by atoms with van der Waals surface area (Å²) in [5.74, 6) is 2.39. The second-order valence-corrected chi connectivity index (χ2v) is 19.9. The molecule has 348 valence electrons. The minimum atomic E-state index is -0.0338. The van der Waals surface area contributed by atoms with Crippen LogP contribution in [0.4, 0.5) is 0 Å². The van der Waals surface area contributed by atoms with Gasteiger partial charge in [0, 0.05) is 56.1 Å². The molecule has 3 aliphatic rings. The number of hydrogen-bond acceptors (Lipinski definition) is 2. The average Bonchev–Trinajstić information content (AvgIpc) is 3.96. The van der Waals surface area contributed by atoms with E-state index in [0.717, 1.165) is 66.7 Å². The van der Waals surface area contributed by atoms with Gasteiger partial charge in [-0.15, -0.1) is 29.7 Å². The van der Waals surface area contributed by atoms with Crippen LogP contribution in [0.2, 0.25) is 0 Å². The van der Waals surface area contributed by atoms with Crippen molar-refractivity contribution in [1.29, 1.82) is 0 Å². The van der Waals surface area contributed by atoms with Crippen LogP contribution in [0.5, 0.6) is 11.5 Å². The maximum absolute atomic E-state index is 6.70. The fourth-order valence-corrected chi connectivity index (χ4v) is 11.5. The SMILES string of the molecule is CC(C)(C)c1ccnc(-n2c3[c-]c(Oc4[c-]c(-n5[c-][n+](-c6c(-c7ccccc7)cccc6-c6ccc7c(c6)C6c8ccccc8C7c7ccccc76)c6ccccc65)ccc4)ccc3c3ccccc32)c1.[Pt]. The molecule has 2 bridgehead atoms. The molecule has 0 aliphatic heterocycles. The summed E-state index contributed by atoms with van der Waals surface area (Å²) in [5, 5.41) is 2.22. The fraction of sp³-hybridized carbons (Fsp3) is 0.0909.